The lowest BCUT2D eigenvalue weighted by atomic mass is 9.99. The molecule has 2 atom stereocenters. The number of aromatic amines is 1. The van der Waals surface area contributed by atoms with Crippen LogP contribution in [0, 0.1) is 19.7 Å². The molecule has 0 spiro atoms. The Bertz CT molecular complexity index is 1500. The van der Waals surface area contributed by atoms with Gasteiger partial charge in [0.15, 0.2) is 5.82 Å². The minimum Gasteiger partial charge on any atom is -0.376 e. The number of aryl methyl sites for hydroxylation is 2. The van der Waals surface area contributed by atoms with Gasteiger partial charge in [-0.3, -0.25) is 9.69 Å². The van der Waals surface area contributed by atoms with E-state index in [1.54, 1.807) is 10.7 Å². The molecule has 38 heavy (non-hydrogen) atoms. The summed E-state index contributed by atoms with van der Waals surface area (Å²) in [5.74, 6) is 0.393. The molecule has 0 amide bonds. The fraction of sp³-hybridized carbons (Fsp3) is 0.429. The summed E-state index contributed by atoms with van der Waals surface area (Å²) in [6, 6.07) is 12.5. The Balaban J connectivity index is 1.39. The second kappa shape index (κ2) is 10.3. The number of fused-ring (bicyclic) bond motifs is 1. The summed E-state index contributed by atoms with van der Waals surface area (Å²) in [6.45, 7) is 7.84. The smallest absolute Gasteiger partial charge is 0.253 e. The predicted octanol–water partition coefficient (Wildman–Crippen LogP) is 3.36. The van der Waals surface area contributed by atoms with Gasteiger partial charge in [-0.15, -0.1) is 5.10 Å². The highest BCUT2D eigenvalue weighted by Gasteiger charge is 2.34. The van der Waals surface area contributed by atoms with Gasteiger partial charge < -0.3 is 14.6 Å². The highest BCUT2D eigenvalue weighted by molar-refractivity contribution is 5.83. The summed E-state index contributed by atoms with van der Waals surface area (Å²) >= 11 is 0. The Kier molecular flexibility index (Phi) is 6.67. The number of pyridine rings is 1. The van der Waals surface area contributed by atoms with Gasteiger partial charge in [0, 0.05) is 49.3 Å². The molecule has 0 aliphatic carbocycles. The fourth-order valence-corrected chi connectivity index (χ4v) is 5.84. The third-order valence-electron chi connectivity index (χ3n) is 7.71. The third-order valence-corrected chi connectivity index (χ3v) is 7.71. The molecule has 0 radical (unpaired) electrons. The number of aromatic nitrogens is 5. The van der Waals surface area contributed by atoms with Crippen LogP contribution in [0.3, 0.4) is 0 Å². The molecule has 1 N–H and O–H groups in total. The molecular formula is C28H32FN7O2. The number of tetrazole rings is 1. The standard InChI is InChI=1S/C28H32FN7O2/c1-18-14-19(2)21-16-22(28(37)30-24(21)15-18)26(27-31-32-33-36(27)17-20-6-5-13-38-20)35-11-9-34(10-12-35)25-8-4-3-7-23(25)29/h3-4,7-8,14-16,20,26H,5-6,9-13,17H2,1-2H3,(H,30,37). The van der Waals surface area contributed by atoms with Crippen molar-refractivity contribution in [2.24, 2.45) is 0 Å². The van der Waals surface area contributed by atoms with E-state index in [0.717, 1.165) is 41.5 Å². The lowest BCUT2D eigenvalue weighted by Crippen LogP contribution is -2.49. The van der Waals surface area contributed by atoms with E-state index < -0.39 is 6.04 Å². The van der Waals surface area contributed by atoms with Crippen LogP contribution in [-0.2, 0) is 11.3 Å². The Labute approximate surface area is 220 Å². The maximum atomic E-state index is 14.5. The number of H-pyrrole nitrogens is 1. The Morgan fingerprint density at radius 3 is 2.71 bits per heavy atom. The molecule has 2 aliphatic heterocycles. The number of piperazine rings is 1. The van der Waals surface area contributed by atoms with Crippen LogP contribution in [0.25, 0.3) is 10.9 Å². The Hall–Kier alpha value is -3.63. The Morgan fingerprint density at radius 1 is 1.13 bits per heavy atom. The van der Waals surface area contributed by atoms with Crippen molar-refractivity contribution in [2.75, 3.05) is 37.7 Å². The zero-order valence-electron chi connectivity index (χ0n) is 21.7. The van der Waals surface area contributed by atoms with Crippen molar-refractivity contribution in [1.29, 1.82) is 0 Å². The SMILES string of the molecule is Cc1cc(C)c2cc(C(c3nnnn3CC3CCCO3)N3CCN(c4ccccc4F)CC3)c(=O)[nH]c2c1. The monoisotopic (exact) mass is 517 g/mol. The summed E-state index contributed by atoms with van der Waals surface area (Å²) in [4.78, 5) is 21.0. The second-order valence-electron chi connectivity index (χ2n) is 10.3. The number of hydrogen-bond donors (Lipinski definition) is 1. The van der Waals surface area contributed by atoms with Crippen molar-refractivity contribution < 1.29 is 9.13 Å². The normalized spacial score (nSPS) is 19.3. The maximum Gasteiger partial charge on any atom is 0.253 e. The first kappa shape index (κ1) is 24.7. The van der Waals surface area contributed by atoms with Crippen LogP contribution in [0.4, 0.5) is 10.1 Å². The van der Waals surface area contributed by atoms with E-state index in [1.165, 1.54) is 6.07 Å². The fourth-order valence-electron chi connectivity index (χ4n) is 5.84. The van der Waals surface area contributed by atoms with Gasteiger partial charge in [0.25, 0.3) is 5.56 Å². The summed E-state index contributed by atoms with van der Waals surface area (Å²) in [5, 5.41) is 13.7. The number of hydrogen-bond acceptors (Lipinski definition) is 7. The molecule has 2 aliphatic rings. The van der Waals surface area contributed by atoms with E-state index in [1.807, 2.05) is 31.2 Å². The zero-order chi connectivity index (χ0) is 26.2. The number of para-hydroxylation sites is 1. The van der Waals surface area contributed by atoms with E-state index in [2.05, 4.69) is 43.3 Å². The molecule has 6 rings (SSSR count). The first-order chi connectivity index (χ1) is 18.5. The van der Waals surface area contributed by atoms with Crippen molar-refractivity contribution >= 4 is 16.6 Å². The molecule has 2 aromatic heterocycles. The average Bonchev–Trinajstić information content (AvgIpc) is 3.58. The van der Waals surface area contributed by atoms with Crippen LogP contribution in [0.15, 0.2) is 47.3 Å². The number of anilines is 1. The summed E-state index contributed by atoms with van der Waals surface area (Å²) in [6.07, 6.45) is 2.03. The van der Waals surface area contributed by atoms with Gasteiger partial charge in [0.1, 0.15) is 11.9 Å². The second-order valence-corrected chi connectivity index (χ2v) is 10.3. The van der Waals surface area contributed by atoms with Crippen molar-refractivity contribution in [1.82, 2.24) is 30.1 Å². The van der Waals surface area contributed by atoms with E-state index in [0.29, 0.717) is 49.8 Å². The van der Waals surface area contributed by atoms with E-state index >= 15 is 0 Å². The highest BCUT2D eigenvalue weighted by Crippen LogP contribution is 2.31. The van der Waals surface area contributed by atoms with Gasteiger partial charge in [-0.25, -0.2) is 9.07 Å². The first-order valence-electron chi connectivity index (χ1n) is 13.2. The number of benzene rings is 2. The summed E-state index contributed by atoms with van der Waals surface area (Å²) in [7, 11) is 0. The molecule has 4 aromatic rings. The molecule has 2 aromatic carbocycles. The molecule has 0 bridgehead atoms. The van der Waals surface area contributed by atoms with E-state index in [-0.39, 0.29) is 17.5 Å². The van der Waals surface area contributed by atoms with Gasteiger partial charge >= 0.3 is 0 Å². The number of halogens is 1. The van der Waals surface area contributed by atoms with Gasteiger partial charge in [-0.1, -0.05) is 18.2 Å². The van der Waals surface area contributed by atoms with Crippen molar-refractivity contribution in [3.05, 3.63) is 81.2 Å². The van der Waals surface area contributed by atoms with Crippen LogP contribution < -0.4 is 10.5 Å². The number of rotatable bonds is 6. The molecule has 2 fully saturated rings. The number of nitrogens with zero attached hydrogens (tertiary/aromatic N) is 6. The lowest BCUT2D eigenvalue weighted by molar-refractivity contribution is 0.0906. The molecule has 2 unspecified atom stereocenters. The van der Waals surface area contributed by atoms with Gasteiger partial charge in [0.05, 0.1) is 18.3 Å². The summed E-state index contributed by atoms with van der Waals surface area (Å²) < 4.78 is 22.1. The lowest BCUT2D eigenvalue weighted by Gasteiger charge is -2.39. The first-order valence-corrected chi connectivity index (χ1v) is 13.2. The number of nitrogens with one attached hydrogen (secondary N) is 1. The molecule has 0 saturated carbocycles. The predicted molar refractivity (Wildman–Crippen MR) is 143 cm³/mol. The Morgan fingerprint density at radius 2 is 1.95 bits per heavy atom. The van der Waals surface area contributed by atoms with Crippen LogP contribution in [0.1, 0.15) is 41.4 Å². The minimum absolute atomic E-state index is 0.0518. The van der Waals surface area contributed by atoms with Crippen LogP contribution in [0.2, 0.25) is 0 Å². The molecule has 9 nitrogen and oxygen atoms in total. The third kappa shape index (κ3) is 4.69. The number of ether oxygens (including phenoxy) is 1. The highest BCUT2D eigenvalue weighted by atomic mass is 19.1. The molecule has 198 valence electrons. The molecular weight excluding hydrogens is 485 g/mol. The molecule has 4 heterocycles. The van der Waals surface area contributed by atoms with Gasteiger partial charge in [-0.05, 0) is 72.5 Å². The van der Waals surface area contributed by atoms with Crippen LogP contribution in [-0.4, -0.2) is 69.0 Å². The topological polar surface area (TPSA) is 92.2 Å². The maximum absolute atomic E-state index is 14.5. The zero-order valence-corrected chi connectivity index (χ0v) is 21.7. The van der Waals surface area contributed by atoms with E-state index in [4.69, 9.17) is 4.74 Å². The quantitative estimate of drug-likeness (QED) is 0.419. The molecule has 2 saturated heterocycles. The molecule has 10 heteroatoms. The van der Waals surface area contributed by atoms with Gasteiger partial charge in [0.2, 0.25) is 0 Å². The van der Waals surface area contributed by atoms with Crippen LogP contribution >= 0.6 is 0 Å². The van der Waals surface area contributed by atoms with E-state index in [9.17, 15) is 9.18 Å². The van der Waals surface area contributed by atoms with Crippen molar-refractivity contribution in [2.45, 2.75) is 45.4 Å². The summed E-state index contributed by atoms with van der Waals surface area (Å²) in [5.41, 5.74) is 4.06. The van der Waals surface area contributed by atoms with Gasteiger partial charge in [-0.2, -0.15) is 0 Å². The average molecular weight is 518 g/mol. The minimum atomic E-state index is -0.456. The van der Waals surface area contributed by atoms with Crippen molar-refractivity contribution in [3.63, 3.8) is 0 Å². The van der Waals surface area contributed by atoms with Crippen LogP contribution in [0.5, 0.6) is 0 Å². The van der Waals surface area contributed by atoms with Crippen molar-refractivity contribution in [3.8, 4) is 0 Å². The largest absolute Gasteiger partial charge is 0.376 e.